The molecule has 0 bridgehead atoms. The van der Waals surface area contributed by atoms with Crippen molar-refractivity contribution in [1.82, 2.24) is 4.90 Å². The van der Waals surface area contributed by atoms with Crippen LogP contribution in [0, 0.1) is 0 Å². The Kier molecular flexibility index (Phi) is 2.18. The molecule has 14 heavy (non-hydrogen) atoms. The Labute approximate surface area is 88.5 Å². The van der Waals surface area contributed by atoms with Crippen molar-refractivity contribution < 1.29 is 2.74 Å². The maximum atomic E-state index is 8.22. The first-order valence-corrected chi connectivity index (χ1v) is 5.11. The molecule has 0 radical (unpaired) electrons. The SMILES string of the molecule is [2H]C([2H])(c1ccccc1)N1CC[C@@H](N)[C@@H]1C. The number of benzene rings is 1. The molecule has 1 saturated heterocycles. The van der Waals surface area contributed by atoms with Gasteiger partial charge >= 0.3 is 0 Å². The Morgan fingerprint density at radius 2 is 2.21 bits per heavy atom. The van der Waals surface area contributed by atoms with Crippen LogP contribution in [0.25, 0.3) is 0 Å². The first kappa shape index (κ1) is 7.43. The van der Waals surface area contributed by atoms with Crippen molar-refractivity contribution in [1.29, 1.82) is 0 Å². The summed E-state index contributed by atoms with van der Waals surface area (Å²) in [6.07, 6.45) is 0.869. The van der Waals surface area contributed by atoms with E-state index in [1.54, 1.807) is 0 Å². The number of likely N-dealkylation sites (tertiary alicyclic amines) is 1. The first-order chi connectivity index (χ1) is 7.53. The number of rotatable bonds is 2. The van der Waals surface area contributed by atoms with Crippen LogP contribution in [0.3, 0.4) is 0 Å². The van der Waals surface area contributed by atoms with Crippen LogP contribution in [0.1, 0.15) is 21.6 Å². The number of nitrogens with two attached hydrogens (primary N) is 1. The van der Waals surface area contributed by atoms with Gasteiger partial charge in [-0.15, -0.1) is 0 Å². The molecule has 0 unspecified atom stereocenters. The monoisotopic (exact) mass is 192 g/mol. The lowest BCUT2D eigenvalue weighted by Crippen LogP contribution is -2.36. The highest BCUT2D eigenvalue weighted by atomic mass is 15.2. The van der Waals surface area contributed by atoms with Crippen LogP contribution < -0.4 is 5.73 Å². The fourth-order valence-corrected chi connectivity index (χ4v) is 1.80. The molecule has 2 heteroatoms. The van der Waals surface area contributed by atoms with Crippen LogP contribution in [0.2, 0.25) is 0 Å². The molecule has 1 aromatic carbocycles. The van der Waals surface area contributed by atoms with Gasteiger partial charge in [0, 0.05) is 27.9 Å². The third-order valence-electron chi connectivity index (χ3n) is 2.86. The lowest BCUT2D eigenvalue weighted by atomic mass is 10.1. The molecular weight excluding hydrogens is 172 g/mol. The average Bonchev–Trinajstić information content (AvgIpc) is 2.61. The molecule has 1 heterocycles. The van der Waals surface area contributed by atoms with Gasteiger partial charge in [0.2, 0.25) is 0 Å². The largest absolute Gasteiger partial charge is 0.326 e. The van der Waals surface area contributed by atoms with E-state index in [0.717, 1.165) is 13.0 Å². The molecule has 76 valence electrons. The summed E-state index contributed by atoms with van der Waals surface area (Å²) >= 11 is 0. The van der Waals surface area contributed by atoms with E-state index in [1.165, 1.54) is 0 Å². The minimum Gasteiger partial charge on any atom is -0.326 e. The number of nitrogens with zero attached hydrogens (tertiary/aromatic N) is 1. The van der Waals surface area contributed by atoms with Crippen molar-refractivity contribution in [2.45, 2.75) is 31.9 Å². The summed E-state index contributed by atoms with van der Waals surface area (Å²) < 4.78 is 16.4. The lowest BCUT2D eigenvalue weighted by Gasteiger charge is -2.22. The summed E-state index contributed by atoms with van der Waals surface area (Å²) in [6, 6.07) is 9.47. The Bertz CT molecular complexity index is 353. The summed E-state index contributed by atoms with van der Waals surface area (Å²) in [5.41, 5.74) is 6.64. The number of hydrogen-bond donors (Lipinski definition) is 1. The quantitative estimate of drug-likeness (QED) is 0.771. The molecule has 0 amide bonds. The second-order valence-electron chi connectivity index (χ2n) is 3.86. The normalized spacial score (nSPS) is 31.3. The van der Waals surface area contributed by atoms with Gasteiger partial charge in [-0.1, -0.05) is 30.3 Å². The van der Waals surface area contributed by atoms with Crippen molar-refractivity contribution >= 4 is 0 Å². The van der Waals surface area contributed by atoms with Gasteiger partial charge in [0.15, 0.2) is 0 Å². The second kappa shape index (κ2) is 4.11. The minimum absolute atomic E-state index is 0.0822. The topological polar surface area (TPSA) is 29.3 Å². The van der Waals surface area contributed by atoms with E-state index in [-0.39, 0.29) is 12.1 Å². The van der Waals surface area contributed by atoms with E-state index >= 15 is 0 Å². The first-order valence-electron chi connectivity index (χ1n) is 6.11. The van der Waals surface area contributed by atoms with Gasteiger partial charge in [-0.05, 0) is 18.9 Å². The van der Waals surface area contributed by atoms with Crippen LogP contribution in [-0.2, 0) is 6.50 Å². The highest BCUT2D eigenvalue weighted by molar-refractivity contribution is 5.15. The Hall–Kier alpha value is -0.860. The van der Waals surface area contributed by atoms with Gasteiger partial charge < -0.3 is 5.73 Å². The van der Waals surface area contributed by atoms with Crippen molar-refractivity contribution in [2.75, 3.05) is 6.54 Å². The molecule has 2 N–H and O–H groups in total. The molecule has 1 fully saturated rings. The highest BCUT2D eigenvalue weighted by Crippen LogP contribution is 2.18. The molecule has 0 aromatic heterocycles. The lowest BCUT2D eigenvalue weighted by molar-refractivity contribution is 0.252. The van der Waals surface area contributed by atoms with Crippen molar-refractivity contribution in [3.05, 3.63) is 35.9 Å². The van der Waals surface area contributed by atoms with Crippen LogP contribution in [-0.4, -0.2) is 23.5 Å². The number of hydrogen-bond acceptors (Lipinski definition) is 2. The van der Waals surface area contributed by atoms with Crippen molar-refractivity contribution in [3.8, 4) is 0 Å². The Morgan fingerprint density at radius 3 is 2.79 bits per heavy atom. The Morgan fingerprint density at radius 1 is 1.50 bits per heavy atom. The molecule has 1 aliphatic heterocycles. The zero-order valence-corrected chi connectivity index (χ0v) is 8.48. The Balaban J connectivity index is 2.26. The molecule has 2 atom stereocenters. The second-order valence-corrected chi connectivity index (χ2v) is 3.86. The van der Waals surface area contributed by atoms with Crippen molar-refractivity contribution in [2.24, 2.45) is 5.73 Å². The summed E-state index contributed by atoms with van der Waals surface area (Å²) in [4.78, 5) is 1.85. The maximum Gasteiger partial charge on any atom is 0.0481 e. The fraction of sp³-hybridized carbons (Fsp3) is 0.500. The van der Waals surface area contributed by atoms with E-state index < -0.39 is 6.50 Å². The summed E-state index contributed by atoms with van der Waals surface area (Å²) in [7, 11) is 0. The summed E-state index contributed by atoms with van der Waals surface area (Å²) in [5.74, 6) is 0. The van der Waals surface area contributed by atoms with Crippen molar-refractivity contribution in [3.63, 3.8) is 0 Å². The molecule has 1 aliphatic rings. The van der Waals surface area contributed by atoms with Gasteiger partial charge in [0.25, 0.3) is 0 Å². The van der Waals surface area contributed by atoms with Crippen LogP contribution in [0.15, 0.2) is 30.3 Å². The highest BCUT2D eigenvalue weighted by Gasteiger charge is 2.27. The molecular formula is C12H18N2. The standard InChI is InChI=1S/C12H18N2/c1-10-12(13)7-8-14(10)9-11-5-3-2-4-6-11/h2-6,10,12H,7-9,13H2,1H3/t10-,12+/m0/s1/i9D2. The molecule has 0 aliphatic carbocycles. The van der Waals surface area contributed by atoms with Gasteiger partial charge in [-0.25, -0.2) is 0 Å². The zero-order valence-electron chi connectivity index (χ0n) is 10.5. The van der Waals surface area contributed by atoms with E-state index in [1.807, 2.05) is 42.2 Å². The smallest absolute Gasteiger partial charge is 0.0481 e. The molecule has 2 nitrogen and oxygen atoms in total. The van der Waals surface area contributed by atoms with Gasteiger partial charge in [-0.3, -0.25) is 4.90 Å². The third kappa shape index (κ3) is 1.97. The van der Waals surface area contributed by atoms with E-state index in [0.29, 0.717) is 5.56 Å². The van der Waals surface area contributed by atoms with E-state index in [2.05, 4.69) is 0 Å². The van der Waals surface area contributed by atoms with E-state index in [4.69, 9.17) is 8.48 Å². The minimum atomic E-state index is -1.42. The predicted octanol–water partition coefficient (Wildman–Crippen LogP) is 1.61. The van der Waals surface area contributed by atoms with Gasteiger partial charge in [0.05, 0.1) is 0 Å². The van der Waals surface area contributed by atoms with Crippen LogP contribution in [0.4, 0.5) is 0 Å². The average molecular weight is 192 g/mol. The zero-order chi connectivity index (χ0) is 11.8. The summed E-state index contributed by atoms with van der Waals surface area (Å²) in [6.45, 7) is 1.30. The summed E-state index contributed by atoms with van der Waals surface area (Å²) in [5, 5.41) is 0. The molecule has 1 aromatic rings. The van der Waals surface area contributed by atoms with Gasteiger partial charge in [0.1, 0.15) is 0 Å². The fourth-order valence-electron chi connectivity index (χ4n) is 1.80. The van der Waals surface area contributed by atoms with Crippen LogP contribution >= 0.6 is 0 Å². The molecule has 0 spiro atoms. The predicted molar refractivity (Wildman–Crippen MR) is 58.9 cm³/mol. The van der Waals surface area contributed by atoms with Gasteiger partial charge in [-0.2, -0.15) is 0 Å². The third-order valence-corrected chi connectivity index (χ3v) is 2.86. The molecule has 2 rings (SSSR count). The van der Waals surface area contributed by atoms with E-state index in [9.17, 15) is 0 Å². The van der Waals surface area contributed by atoms with Crippen LogP contribution in [0.5, 0.6) is 0 Å². The molecule has 0 saturated carbocycles. The maximum absolute atomic E-state index is 8.22.